The minimum Gasteiger partial charge on any atom is -0.381 e. The standard InChI is InChI=1S/C16H28N2O2/c1-2-5-14-16(19)18(13-8-10-20-11-9-13)15(17-14)12-6-3-4-7-12/h12-15,17H,2-11H2,1H3. The summed E-state index contributed by atoms with van der Waals surface area (Å²) < 4.78 is 5.47. The van der Waals surface area contributed by atoms with Crippen LogP contribution >= 0.6 is 0 Å². The monoisotopic (exact) mass is 280 g/mol. The van der Waals surface area contributed by atoms with Gasteiger partial charge in [0.05, 0.1) is 12.2 Å². The molecule has 1 aliphatic carbocycles. The molecule has 2 heterocycles. The maximum atomic E-state index is 12.8. The van der Waals surface area contributed by atoms with Gasteiger partial charge in [-0.3, -0.25) is 10.1 Å². The fourth-order valence-corrected chi connectivity index (χ4v) is 4.18. The molecule has 0 aromatic carbocycles. The van der Waals surface area contributed by atoms with E-state index >= 15 is 0 Å². The zero-order valence-corrected chi connectivity index (χ0v) is 12.6. The second kappa shape index (κ2) is 6.44. The van der Waals surface area contributed by atoms with E-state index in [9.17, 15) is 4.79 Å². The molecule has 1 N–H and O–H groups in total. The maximum Gasteiger partial charge on any atom is 0.241 e. The Hall–Kier alpha value is -0.610. The second-order valence-corrected chi connectivity index (χ2v) is 6.59. The average Bonchev–Trinajstić information content (AvgIpc) is 3.09. The molecule has 2 aliphatic heterocycles. The van der Waals surface area contributed by atoms with Crippen molar-refractivity contribution in [1.82, 2.24) is 10.2 Å². The molecule has 4 heteroatoms. The lowest BCUT2D eigenvalue weighted by atomic mass is 10.00. The quantitative estimate of drug-likeness (QED) is 0.859. The molecule has 3 fully saturated rings. The highest BCUT2D eigenvalue weighted by molar-refractivity contribution is 5.84. The smallest absolute Gasteiger partial charge is 0.241 e. The van der Waals surface area contributed by atoms with Gasteiger partial charge in [-0.05, 0) is 38.0 Å². The molecule has 2 saturated heterocycles. The summed E-state index contributed by atoms with van der Waals surface area (Å²) in [5.74, 6) is 1.03. The first-order chi connectivity index (χ1) is 9.81. The van der Waals surface area contributed by atoms with Crippen LogP contribution in [0.15, 0.2) is 0 Å². The lowest BCUT2D eigenvalue weighted by Crippen LogP contribution is -2.49. The Morgan fingerprint density at radius 1 is 1.20 bits per heavy atom. The van der Waals surface area contributed by atoms with Gasteiger partial charge in [0, 0.05) is 19.3 Å². The van der Waals surface area contributed by atoms with Crippen molar-refractivity contribution in [2.24, 2.45) is 5.92 Å². The second-order valence-electron chi connectivity index (χ2n) is 6.59. The number of nitrogens with one attached hydrogen (secondary N) is 1. The largest absolute Gasteiger partial charge is 0.381 e. The lowest BCUT2D eigenvalue weighted by Gasteiger charge is -2.37. The topological polar surface area (TPSA) is 41.6 Å². The predicted molar refractivity (Wildman–Crippen MR) is 78.3 cm³/mol. The van der Waals surface area contributed by atoms with E-state index in [0.29, 0.717) is 24.0 Å². The minimum absolute atomic E-state index is 0.0634. The lowest BCUT2D eigenvalue weighted by molar-refractivity contribution is -0.135. The van der Waals surface area contributed by atoms with Crippen LogP contribution in [0.4, 0.5) is 0 Å². The number of nitrogens with zero attached hydrogens (tertiary/aromatic N) is 1. The summed E-state index contributed by atoms with van der Waals surface area (Å²) in [7, 11) is 0. The highest BCUT2D eigenvalue weighted by Gasteiger charge is 2.45. The van der Waals surface area contributed by atoms with Crippen molar-refractivity contribution in [3.8, 4) is 0 Å². The highest BCUT2D eigenvalue weighted by atomic mass is 16.5. The van der Waals surface area contributed by atoms with Crippen molar-refractivity contribution < 1.29 is 9.53 Å². The van der Waals surface area contributed by atoms with Gasteiger partial charge in [-0.15, -0.1) is 0 Å². The molecule has 0 spiro atoms. The van der Waals surface area contributed by atoms with Gasteiger partial charge in [-0.2, -0.15) is 0 Å². The number of ether oxygens (including phenoxy) is 1. The first-order valence-electron chi connectivity index (χ1n) is 8.47. The fourth-order valence-electron chi connectivity index (χ4n) is 4.18. The Kier molecular flexibility index (Phi) is 4.61. The van der Waals surface area contributed by atoms with Crippen LogP contribution in [-0.4, -0.2) is 42.3 Å². The van der Waals surface area contributed by atoms with Crippen molar-refractivity contribution in [1.29, 1.82) is 0 Å². The molecule has 3 aliphatic rings. The first kappa shape index (κ1) is 14.3. The van der Waals surface area contributed by atoms with Gasteiger partial charge in [-0.1, -0.05) is 26.2 Å². The van der Waals surface area contributed by atoms with Crippen LogP contribution in [-0.2, 0) is 9.53 Å². The number of rotatable bonds is 4. The molecule has 3 rings (SSSR count). The summed E-state index contributed by atoms with van der Waals surface area (Å²) in [6.07, 6.45) is 9.58. The minimum atomic E-state index is 0.0634. The van der Waals surface area contributed by atoms with Crippen molar-refractivity contribution >= 4 is 5.91 Å². The van der Waals surface area contributed by atoms with E-state index in [1.807, 2.05) is 0 Å². The number of hydrogen-bond donors (Lipinski definition) is 1. The number of hydrogen-bond acceptors (Lipinski definition) is 3. The Labute approximate surface area is 122 Å². The number of carbonyl (C=O) groups is 1. The van der Waals surface area contributed by atoms with Crippen LogP contribution < -0.4 is 5.32 Å². The highest BCUT2D eigenvalue weighted by Crippen LogP contribution is 2.35. The maximum absolute atomic E-state index is 12.8. The SMILES string of the molecule is CCCC1NC(C2CCCC2)N(C2CCOCC2)C1=O. The van der Waals surface area contributed by atoms with Gasteiger partial charge in [0.2, 0.25) is 5.91 Å². The number of carbonyl (C=O) groups excluding carboxylic acids is 1. The summed E-state index contributed by atoms with van der Waals surface area (Å²) in [4.78, 5) is 15.0. The van der Waals surface area contributed by atoms with Crippen molar-refractivity contribution in [2.75, 3.05) is 13.2 Å². The molecule has 0 aromatic heterocycles. The molecule has 114 valence electrons. The van der Waals surface area contributed by atoms with Crippen LogP contribution in [0.5, 0.6) is 0 Å². The van der Waals surface area contributed by atoms with E-state index in [1.165, 1.54) is 25.7 Å². The van der Waals surface area contributed by atoms with E-state index < -0.39 is 0 Å². The van der Waals surface area contributed by atoms with Gasteiger partial charge >= 0.3 is 0 Å². The molecule has 1 saturated carbocycles. The summed E-state index contributed by atoms with van der Waals surface area (Å²) >= 11 is 0. The number of amides is 1. The molecule has 0 radical (unpaired) electrons. The normalized spacial score (nSPS) is 33.2. The fraction of sp³-hybridized carbons (Fsp3) is 0.938. The van der Waals surface area contributed by atoms with Gasteiger partial charge < -0.3 is 9.64 Å². The van der Waals surface area contributed by atoms with Crippen LogP contribution in [0.25, 0.3) is 0 Å². The van der Waals surface area contributed by atoms with E-state index in [-0.39, 0.29) is 6.04 Å². The third-order valence-electron chi connectivity index (χ3n) is 5.23. The zero-order chi connectivity index (χ0) is 13.9. The first-order valence-corrected chi connectivity index (χ1v) is 8.47. The Morgan fingerprint density at radius 2 is 1.90 bits per heavy atom. The molecule has 2 unspecified atom stereocenters. The van der Waals surface area contributed by atoms with E-state index in [2.05, 4.69) is 17.1 Å². The molecule has 1 amide bonds. The van der Waals surface area contributed by atoms with Crippen LogP contribution in [0.1, 0.15) is 58.3 Å². The van der Waals surface area contributed by atoms with E-state index in [4.69, 9.17) is 4.74 Å². The van der Waals surface area contributed by atoms with Crippen molar-refractivity contribution in [3.63, 3.8) is 0 Å². The average molecular weight is 280 g/mol. The third-order valence-corrected chi connectivity index (χ3v) is 5.23. The zero-order valence-electron chi connectivity index (χ0n) is 12.6. The van der Waals surface area contributed by atoms with Gasteiger partial charge in [-0.25, -0.2) is 0 Å². The van der Waals surface area contributed by atoms with Gasteiger partial charge in [0.15, 0.2) is 0 Å². The van der Waals surface area contributed by atoms with Gasteiger partial charge in [0.1, 0.15) is 0 Å². The Morgan fingerprint density at radius 3 is 2.55 bits per heavy atom. The van der Waals surface area contributed by atoms with Crippen molar-refractivity contribution in [3.05, 3.63) is 0 Å². The van der Waals surface area contributed by atoms with Gasteiger partial charge in [0.25, 0.3) is 0 Å². The van der Waals surface area contributed by atoms with Crippen LogP contribution in [0.3, 0.4) is 0 Å². The summed E-state index contributed by atoms with van der Waals surface area (Å²) in [5.41, 5.74) is 0. The molecular weight excluding hydrogens is 252 g/mol. The Balaban J connectivity index is 1.75. The van der Waals surface area contributed by atoms with Crippen LogP contribution in [0.2, 0.25) is 0 Å². The van der Waals surface area contributed by atoms with E-state index in [0.717, 1.165) is 38.9 Å². The summed E-state index contributed by atoms with van der Waals surface area (Å²) in [6, 6.07) is 0.463. The molecule has 20 heavy (non-hydrogen) atoms. The summed E-state index contributed by atoms with van der Waals surface area (Å²) in [5, 5.41) is 3.67. The van der Waals surface area contributed by atoms with Crippen molar-refractivity contribution in [2.45, 2.75) is 76.5 Å². The molecule has 0 bridgehead atoms. The third kappa shape index (κ3) is 2.73. The summed E-state index contributed by atoms with van der Waals surface area (Å²) in [6.45, 7) is 3.78. The molecule has 0 aromatic rings. The predicted octanol–water partition coefficient (Wildman–Crippen LogP) is 2.28. The molecular formula is C16H28N2O2. The molecule has 2 atom stereocenters. The molecule has 4 nitrogen and oxygen atoms in total. The van der Waals surface area contributed by atoms with Crippen LogP contribution in [0, 0.1) is 5.92 Å². The van der Waals surface area contributed by atoms with E-state index in [1.54, 1.807) is 0 Å². The Bertz CT molecular complexity index is 335.